The smallest absolute Gasteiger partial charge is 0.111 e. The summed E-state index contributed by atoms with van der Waals surface area (Å²) < 4.78 is 0. The lowest BCUT2D eigenvalue weighted by atomic mass is 9.84. The first-order chi connectivity index (χ1) is 7.26. The third-order valence-electron chi connectivity index (χ3n) is 3.55. The van der Waals surface area contributed by atoms with Crippen molar-refractivity contribution in [2.24, 2.45) is 0 Å². The number of nitrogens with zero attached hydrogens (tertiary/aromatic N) is 2. The first kappa shape index (κ1) is 9.24. The zero-order chi connectivity index (χ0) is 10.3. The summed E-state index contributed by atoms with van der Waals surface area (Å²) in [4.78, 5) is 0. The Labute approximate surface area is 88.7 Å². The molecule has 2 unspecified atom stereocenters. The van der Waals surface area contributed by atoms with Gasteiger partial charge in [0.2, 0.25) is 0 Å². The van der Waals surface area contributed by atoms with Gasteiger partial charge < -0.3 is 10.4 Å². The maximum Gasteiger partial charge on any atom is 0.111 e. The Bertz CT molecular complexity index is 342. The van der Waals surface area contributed by atoms with E-state index in [0.29, 0.717) is 12.1 Å². The van der Waals surface area contributed by atoms with Crippen molar-refractivity contribution in [1.82, 2.24) is 15.5 Å². The summed E-state index contributed by atoms with van der Waals surface area (Å²) in [7, 11) is 0. The normalized spacial score (nSPS) is 39.3. The standard InChI is InChI=1S/C11H15N3O/c15-11(10-2-1-5-12-14-10)6-8-3-4-9(7-11)13-8/h1-2,5,8-9,13,15H,3-4,6-7H2. The van der Waals surface area contributed by atoms with E-state index in [4.69, 9.17) is 0 Å². The zero-order valence-corrected chi connectivity index (χ0v) is 8.56. The number of aromatic nitrogens is 2. The Kier molecular flexibility index (Phi) is 2.00. The lowest BCUT2D eigenvalue weighted by Crippen LogP contribution is -2.47. The Morgan fingerprint density at radius 1 is 1.33 bits per heavy atom. The van der Waals surface area contributed by atoms with Gasteiger partial charge in [-0.2, -0.15) is 10.2 Å². The number of rotatable bonds is 1. The molecule has 2 aliphatic rings. The molecular weight excluding hydrogens is 190 g/mol. The molecule has 4 nitrogen and oxygen atoms in total. The molecule has 0 spiro atoms. The van der Waals surface area contributed by atoms with Crippen LogP contribution in [0.3, 0.4) is 0 Å². The fraction of sp³-hybridized carbons (Fsp3) is 0.636. The van der Waals surface area contributed by atoms with Gasteiger partial charge in [-0.05, 0) is 37.8 Å². The van der Waals surface area contributed by atoms with Gasteiger partial charge in [-0.1, -0.05) is 0 Å². The molecule has 2 saturated heterocycles. The van der Waals surface area contributed by atoms with Crippen molar-refractivity contribution in [2.75, 3.05) is 0 Å². The molecule has 80 valence electrons. The van der Waals surface area contributed by atoms with Crippen LogP contribution in [-0.4, -0.2) is 27.4 Å². The number of hydrogen-bond acceptors (Lipinski definition) is 4. The first-order valence-electron chi connectivity index (χ1n) is 5.53. The molecule has 1 aromatic heterocycles. The van der Waals surface area contributed by atoms with Crippen molar-refractivity contribution in [1.29, 1.82) is 0 Å². The van der Waals surface area contributed by atoms with Crippen LogP contribution in [0.5, 0.6) is 0 Å². The largest absolute Gasteiger partial charge is 0.383 e. The molecule has 0 aliphatic carbocycles. The van der Waals surface area contributed by atoms with E-state index in [0.717, 1.165) is 18.5 Å². The second kappa shape index (κ2) is 3.25. The molecule has 2 bridgehead atoms. The Morgan fingerprint density at radius 3 is 2.67 bits per heavy atom. The minimum Gasteiger partial charge on any atom is -0.383 e. The van der Waals surface area contributed by atoms with E-state index in [2.05, 4.69) is 15.5 Å². The number of nitrogens with one attached hydrogen (secondary N) is 1. The Balaban J connectivity index is 1.91. The van der Waals surface area contributed by atoms with Crippen molar-refractivity contribution in [2.45, 2.75) is 43.4 Å². The first-order valence-corrected chi connectivity index (χ1v) is 5.53. The Morgan fingerprint density at radius 2 is 2.07 bits per heavy atom. The van der Waals surface area contributed by atoms with E-state index >= 15 is 0 Å². The average Bonchev–Trinajstić information content (AvgIpc) is 2.60. The number of fused-ring (bicyclic) bond motifs is 2. The predicted octanol–water partition coefficient (Wildman–Crippen LogP) is 0.579. The third kappa shape index (κ3) is 1.54. The van der Waals surface area contributed by atoms with Crippen LogP contribution in [0.1, 0.15) is 31.4 Å². The molecule has 3 rings (SSSR count). The van der Waals surface area contributed by atoms with Gasteiger partial charge in [-0.15, -0.1) is 0 Å². The molecule has 2 fully saturated rings. The molecule has 1 aromatic rings. The summed E-state index contributed by atoms with van der Waals surface area (Å²) in [5, 5.41) is 22.0. The summed E-state index contributed by atoms with van der Waals surface area (Å²) in [6.45, 7) is 0. The third-order valence-corrected chi connectivity index (χ3v) is 3.55. The van der Waals surface area contributed by atoms with Gasteiger partial charge in [-0.25, -0.2) is 0 Å². The van der Waals surface area contributed by atoms with Crippen LogP contribution < -0.4 is 5.32 Å². The van der Waals surface area contributed by atoms with E-state index in [1.165, 1.54) is 12.8 Å². The SMILES string of the molecule is OC1(c2cccnn2)CC2CCC(C1)N2. The van der Waals surface area contributed by atoms with Crippen LogP contribution in [0.15, 0.2) is 18.3 Å². The van der Waals surface area contributed by atoms with Crippen molar-refractivity contribution in [3.63, 3.8) is 0 Å². The van der Waals surface area contributed by atoms with E-state index < -0.39 is 5.60 Å². The van der Waals surface area contributed by atoms with Crippen LogP contribution in [-0.2, 0) is 5.60 Å². The summed E-state index contributed by atoms with van der Waals surface area (Å²) in [5.74, 6) is 0. The van der Waals surface area contributed by atoms with Gasteiger partial charge in [0.05, 0.1) is 5.69 Å². The molecule has 3 heterocycles. The van der Waals surface area contributed by atoms with E-state index in [-0.39, 0.29) is 0 Å². The van der Waals surface area contributed by atoms with Crippen molar-refractivity contribution in [3.05, 3.63) is 24.0 Å². The van der Waals surface area contributed by atoms with E-state index in [9.17, 15) is 5.11 Å². The average molecular weight is 205 g/mol. The lowest BCUT2D eigenvalue weighted by Gasteiger charge is -2.36. The van der Waals surface area contributed by atoms with Crippen LogP contribution in [0, 0.1) is 0 Å². The summed E-state index contributed by atoms with van der Waals surface area (Å²) in [6, 6.07) is 4.62. The van der Waals surface area contributed by atoms with E-state index in [1.54, 1.807) is 6.20 Å². The Hall–Kier alpha value is -1.00. The highest BCUT2D eigenvalue weighted by atomic mass is 16.3. The lowest BCUT2D eigenvalue weighted by molar-refractivity contribution is -0.0160. The molecule has 4 heteroatoms. The number of hydrogen-bond donors (Lipinski definition) is 2. The van der Waals surface area contributed by atoms with Gasteiger partial charge in [0.25, 0.3) is 0 Å². The quantitative estimate of drug-likeness (QED) is 0.704. The number of piperidine rings is 1. The molecule has 2 N–H and O–H groups in total. The molecule has 0 saturated carbocycles. The molecule has 0 amide bonds. The number of aliphatic hydroxyl groups is 1. The second-order valence-corrected chi connectivity index (χ2v) is 4.69. The van der Waals surface area contributed by atoms with Crippen molar-refractivity contribution < 1.29 is 5.11 Å². The maximum atomic E-state index is 10.6. The minimum atomic E-state index is -0.759. The van der Waals surface area contributed by atoms with Crippen molar-refractivity contribution in [3.8, 4) is 0 Å². The summed E-state index contributed by atoms with van der Waals surface area (Å²) >= 11 is 0. The van der Waals surface area contributed by atoms with Gasteiger partial charge in [0.1, 0.15) is 5.60 Å². The maximum absolute atomic E-state index is 10.6. The van der Waals surface area contributed by atoms with Crippen LogP contribution in [0.25, 0.3) is 0 Å². The molecule has 2 atom stereocenters. The predicted molar refractivity (Wildman–Crippen MR) is 55.1 cm³/mol. The van der Waals surface area contributed by atoms with Crippen LogP contribution in [0.2, 0.25) is 0 Å². The van der Waals surface area contributed by atoms with E-state index in [1.807, 2.05) is 12.1 Å². The minimum absolute atomic E-state index is 0.454. The molecule has 15 heavy (non-hydrogen) atoms. The topological polar surface area (TPSA) is 58.0 Å². The van der Waals surface area contributed by atoms with Crippen LogP contribution in [0.4, 0.5) is 0 Å². The zero-order valence-electron chi connectivity index (χ0n) is 8.56. The highest BCUT2D eigenvalue weighted by molar-refractivity contribution is 5.15. The fourth-order valence-electron chi connectivity index (χ4n) is 2.88. The summed E-state index contributed by atoms with van der Waals surface area (Å²) in [6.07, 6.45) is 5.52. The molecule has 0 aromatic carbocycles. The highest BCUT2D eigenvalue weighted by Gasteiger charge is 2.44. The van der Waals surface area contributed by atoms with Gasteiger partial charge >= 0.3 is 0 Å². The van der Waals surface area contributed by atoms with Crippen LogP contribution >= 0.6 is 0 Å². The molecule has 2 aliphatic heterocycles. The monoisotopic (exact) mass is 205 g/mol. The summed E-state index contributed by atoms with van der Waals surface area (Å²) in [5.41, 5.74) is -0.0332. The van der Waals surface area contributed by atoms with Crippen molar-refractivity contribution >= 4 is 0 Å². The second-order valence-electron chi connectivity index (χ2n) is 4.69. The fourth-order valence-corrected chi connectivity index (χ4v) is 2.88. The van der Waals surface area contributed by atoms with Gasteiger partial charge in [0.15, 0.2) is 0 Å². The highest BCUT2D eigenvalue weighted by Crippen LogP contribution is 2.39. The van der Waals surface area contributed by atoms with Gasteiger partial charge in [0, 0.05) is 18.3 Å². The molecular formula is C11H15N3O. The van der Waals surface area contributed by atoms with Gasteiger partial charge in [-0.3, -0.25) is 0 Å². The molecule has 0 radical (unpaired) electrons.